The van der Waals surface area contributed by atoms with Crippen LogP contribution in [0.4, 0.5) is 5.69 Å². The monoisotopic (exact) mass is 274 g/mol. The van der Waals surface area contributed by atoms with Crippen molar-refractivity contribution in [2.24, 2.45) is 5.73 Å². The van der Waals surface area contributed by atoms with Gasteiger partial charge in [0.25, 0.3) is 0 Å². The van der Waals surface area contributed by atoms with Gasteiger partial charge in [-0.15, -0.1) is 0 Å². The number of hydrogen-bond acceptors (Lipinski definition) is 2. The maximum absolute atomic E-state index is 12.3. The number of benzene rings is 1. The molecule has 1 aliphatic heterocycles. The fourth-order valence-electron chi connectivity index (χ4n) is 3.01. The molecule has 2 unspecified atom stereocenters. The number of unbranched alkanes of at least 4 members (excludes halogenated alkanes) is 1. The number of hydrogen-bond donors (Lipinski definition) is 1. The van der Waals surface area contributed by atoms with Gasteiger partial charge in [0, 0.05) is 24.2 Å². The van der Waals surface area contributed by atoms with Crippen LogP contribution in [0.15, 0.2) is 18.2 Å². The van der Waals surface area contributed by atoms with Gasteiger partial charge < -0.3 is 10.6 Å². The number of nitrogens with zero attached hydrogens (tertiary/aromatic N) is 1. The van der Waals surface area contributed by atoms with Crippen LogP contribution in [0.3, 0.4) is 0 Å². The van der Waals surface area contributed by atoms with Gasteiger partial charge in [-0.3, -0.25) is 4.79 Å². The van der Waals surface area contributed by atoms with Gasteiger partial charge in [-0.2, -0.15) is 0 Å². The van der Waals surface area contributed by atoms with Crippen molar-refractivity contribution in [3.63, 3.8) is 0 Å². The molecule has 3 nitrogen and oxygen atoms in total. The van der Waals surface area contributed by atoms with Crippen LogP contribution in [0.25, 0.3) is 0 Å². The Balaban J connectivity index is 2.18. The second-order valence-electron chi connectivity index (χ2n) is 6.06. The van der Waals surface area contributed by atoms with E-state index in [4.69, 9.17) is 5.73 Å². The third-order valence-corrected chi connectivity index (χ3v) is 3.93. The molecule has 3 heteroatoms. The molecule has 2 atom stereocenters. The lowest BCUT2D eigenvalue weighted by Crippen LogP contribution is -2.35. The van der Waals surface area contributed by atoms with Gasteiger partial charge >= 0.3 is 0 Å². The molecule has 2 rings (SSSR count). The molecule has 0 aromatic heterocycles. The highest BCUT2D eigenvalue weighted by molar-refractivity contribution is 5.96. The predicted octanol–water partition coefficient (Wildman–Crippen LogP) is 3.04. The molecule has 0 radical (unpaired) electrons. The maximum atomic E-state index is 12.3. The summed E-state index contributed by atoms with van der Waals surface area (Å²) in [7, 11) is 0. The average molecular weight is 274 g/mol. The minimum Gasteiger partial charge on any atom is -0.328 e. The molecular formula is C17H26N2O. The van der Waals surface area contributed by atoms with E-state index in [1.54, 1.807) is 0 Å². The van der Waals surface area contributed by atoms with Crippen molar-refractivity contribution in [2.45, 2.75) is 65.0 Å². The van der Waals surface area contributed by atoms with Crippen LogP contribution in [0.5, 0.6) is 0 Å². The molecule has 0 saturated carbocycles. The first kappa shape index (κ1) is 15.0. The normalized spacial score (nSPS) is 19.0. The smallest absolute Gasteiger partial charge is 0.227 e. The summed E-state index contributed by atoms with van der Waals surface area (Å²) < 4.78 is 0. The lowest BCUT2D eigenvalue weighted by molar-refractivity contribution is -0.119. The quantitative estimate of drug-likeness (QED) is 0.897. The Morgan fingerprint density at radius 1 is 1.50 bits per heavy atom. The number of anilines is 1. The fraction of sp³-hybridized carbons (Fsp3) is 0.588. The van der Waals surface area contributed by atoms with Gasteiger partial charge in [0.2, 0.25) is 5.91 Å². The Hall–Kier alpha value is -1.35. The van der Waals surface area contributed by atoms with Crippen LogP contribution < -0.4 is 10.6 Å². The third-order valence-electron chi connectivity index (χ3n) is 3.93. The van der Waals surface area contributed by atoms with E-state index in [1.165, 1.54) is 11.1 Å². The number of carbonyl (C=O) groups is 1. The Labute approximate surface area is 122 Å². The van der Waals surface area contributed by atoms with Gasteiger partial charge in [-0.25, -0.2) is 0 Å². The van der Waals surface area contributed by atoms with Crippen LogP contribution in [-0.2, 0) is 17.6 Å². The van der Waals surface area contributed by atoms with Crippen molar-refractivity contribution in [3.05, 3.63) is 29.3 Å². The molecule has 1 heterocycles. The molecule has 1 amide bonds. The highest BCUT2D eigenvalue weighted by Crippen LogP contribution is 2.33. The first-order valence-corrected chi connectivity index (χ1v) is 7.72. The standard InChI is InChI=1S/C17H26N2O/c1-4-5-6-17(20)19-13(3)10-15-11-14(9-12(2)18)7-8-16(15)19/h7-8,11-13H,4-6,9-10,18H2,1-3H3. The van der Waals surface area contributed by atoms with Crippen molar-refractivity contribution in [2.75, 3.05) is 4.90 Å². The van der Waals surface area contributed by atoms with E-state index in [2.05, 4.69) is 32.0 Å². The number of amides is 1. The fourth-order valence-corrected chi connectivity index (χ4v) is 3.01. The molecular weight excluding hydrogens is 248 g/mol. The van der Waals surface area contributed by atoms with Gasteiger partial charge in [-0.05, 0) is 50.3 Å². The molecule has 1 aliphatic rings. The van der Waals surface area contributed by atoms with Gasteiger partial charge in [0.1, 0.15) is 0 Å². The van der Waals surface area contributed by atoms with Gasteiger partial charge in [-0.1, -0.05) is 25.5 Å². The molecule has 1 aromatic carbocycles. The van der Waals surface area contributed by atoms with Crippen LogP contribution in [0, 0.1) is 0 Å². The van der Waals surface area contributed by atoms with Gasteiger partial charge in [0.05, 0.1) is 0 Å². The summed E-state index contributed by atoms with van der Waals surface area (Å²) in [6.45, 7) is 6.28. The molecule has 2 N–H and O–H groups in total. The summed E-state index contributed by atoms with van der Waals surface area (Å²) >= 11 is 0. The van der Waals surface area contributed by atoms with Crippen LogP contribution in [-0.4, -0.2) is 18.0 Å². The summed E-state index contributed by atoms with van der Waals surface area (Å²) in [4.78, 5) is 14.3. The molecule has 0 fully saturated rings. The van der Waals surface area contributed by atoms with Crippen molar-refractivity contribution >= 4 is 11.6 Å². The van der Waals surface area contributed by atoms with E-state index < -0.39 is 0 Å². The van der Waals surface area contributed by atoms with E-state index in [-0.39, 0.29) is 18.0 Å². The molecule has 20 heavy (non-hydrogen) atoms. The van der Waals surface area contributed by atoms with Crippen LogP contribution in [0.2, 0.25) is 0 Å². The Bertz CT molecular complexity index is 482. The summed E-state index contributed by atoms with van der Waals surface area (Å²) in [6.07, 6.45) is 4.54. The maximum Gasteiger partial charge on any atom is 0.227 e. The highest BCUT2D eigenvalue weighted by atomic mass is 16.2. The van der Waals surface area contributed by atoms with Crippen molar-refractivity contribution in [3.8, 4) is 0 Å². The topological polar surface area (TPSA) is 46.3 Å². The Morgan fingerprint density at radius 3 is 2.90 bits per heavy atom. The van der Waals surface area contributed by atoms with Crippen molar-refractivity contribution < 1.29 is 4.79 Å². The molecule has 0 spiro atoms. The molecule has 0 saturated heterocycles. The third kappa shape index (κ3) is 3.21. The lowest BCUT2D eigenvalue weighted by Gasteiger charge is -2.22. The van der Waals surface area contributed by atoms with E-state index in [0.29, 0.717) is 6.42 Å². The minimum absolute atomic E-state index is 0.175. The summed E-state index contributed by atoms with van der Waals surface area (Å²) in [5.74, 6) is 0.262. The van der Waals surface area contributed by atoms with Crippen molar-refractivity contribution in [1.29, 1.82) is 0 Å². The number of carbonyl (C=O) groups excluding carboxylic acids is 1. The predicted molar refractivity (Wildman–Crippen MR) is 84.0 cm³/mol. The second-order valence-corrected chi connectivity index (χ2v) is 6.06. The lowest BCUT2D eigenvalue weighted by atomic mass is 10.0. The van der Waals surface area contributed by atoms with E-state index in [9.17, 15) is 4.79 Å². The molecule has 0 aliphatic carbocycles. The zero-order chi connectivity index (χ0) is 14.7. The van der Waals surface area contributed by atoms with Gasteiger partial charge in [0.15, 0.2) is 0 Å². The first-order chi connectivity index (χ1) is 9.52. The molecule has 0 bridgehead atoms. The Kier molecular flexibility index (Phi) is 4.81. The molecule has 1 aromatic rings. The van der Waals surface area contributed by atoms with E-state index in [0.717, 1.165) is 31.4 Å². The number of fused-ring (bicyclic) bond motifs is 1. The Morgan fingerprint density at radius 2 is 2.25 bits per heavy atom. The highest BCUT2D eigenvalue weighted by Gasteiger charge is 2.30. The first-order valence-electron chi connectivity index (χ1n) is 7.72. The zero-order valence-corrected chi connectivity index (χ0v) is 12.9. The zero-order valence-electron chi connectivity index (χ0n) is 12.9. The average Bonchev–Trinajstić information content (AvgIpc) is 2.70. The summed E-state index contributed by atoms with van der Waals surface area (Å²) in [6, 6.07) is 6.89. The van der Waals surface area contributed by atoms with Crippen LogP contribution >= 0.6 is 0 Å². The van der Waals surface area contributed by atoms with Crippen molar-refractivity contribution in [1.82, 2.24) is 0 Å². The van der Waals surface area contributed by atoms with E-state index >= 15 is 0 Å². The molecule has 110 valence electrons. The largest absolute Gasteiger partial charge is 0.328 e. The summed E-state index contributed by atoms with van der Waals surface area (Å²) in [5.41, 5.74) is 9.53. The number of nitrogens with two attached hydrogens (primary N) is 1. The number of rotatable bonds is 5. The SMILES string of the molecule is CCCCC(=O)N1c2ccc(CC(C)N)cc2CC1C. The minimum atomic E-state index is 0.175. The van der Waals surface area contributed by atoms with E-state index in [1.807, 2.05) is 11.8 Å². The van der Waals surface area contributed by atoms with Crippen LogP contribution in [0.1, 0.15) is 51.2 Å². The summed E-state index contributed by atoms with van der Waals surface area (Å²) in [5, 5.41) is 0. The second kappa shape index (κ2) is 6.40.